The summed E-state index contributed by atoms with van der Waals surface area (Å²) in [7, 11) is 3.32. The average molecular weight is 412 g/mol. The number of alkyl halides is 2. The van der Waals surface area contributed by atoms with Gasteiger partial charge in [-0.2, -0.15) is 0 Å². The van der Waals surface area contributed by atoms with Crippen LogP contribution in [0.3, 0.4) is 0 Å². The molecule has 1 aromatic heterocycles. The number of hydrogen-bond donors (Lipinski definition) is 1. The summed E-state index contributed by atoms with van der Waals surface area (Å²) in [4.78, 5) is 26.4. The first-order valence-electron chi connectivity index (χ1n) is 9.31. The summed E-state index contributed by atoms with van der Waals surface area (Å²) in [6, 6.07) is 5.23. The van der Waals surface area contributed by atoms with E-state index in [-0.39, 0.29) is 43.7 Å². The lowest BCUT2D eigenvalue weighted by molar-refractivity contribution is -0.129. The quantitative estimate of drug-likeness (QED) is 0.810. The predicted octanol–water partition coefficient (Wildman–Crippen LogP) is 3.94. The number of carbonyl (C=O) groups excluding carboxylic acids is 2. The fourth-order valence-electron chi connectivity index (χ4n) is 3.68. The van der Waals surface area contributed by atoms with Gasteiger partial charge < -0.3 is 14.8 Å². The van der Waals surface area contributed by atoms with Crippen LogP contribution in [0.1, 0.15) is 36.0 Å². The monoisotopic (exact) mass is 411 g/mol. The Morgan fingerprint density at radius 2 is 2.11 bits per heavy atom. The van der Waals surface area contributed by atoms with Gasteiger partial charge in [0.2, 0.25) is 11.8 Å². The predicted molar refractivity (Wildman–Crippen MR) is 105 cm³/mol. The van der Waals surface area contributed by atoms with Crippen LogP contribution >= 0.6 is 11.6 Å². The fourth-order valence-corrected chi connectivity index (χ4v) is 3.95. The third-order valence-electron chi connectivity index (χ3n) is 5.20. The molecule has 0 radical (unpaired) electrons. The van der Waals surface area contributed by atoms with Gasteiger partial charge in [-0.05, 0) is 30.9 Å². The van der Waals surface area contributed by atoms with Crippen molar-refractivity contribution >= 4 is 34.3 Å². The zero-order valence-electron chi connectivity index (χ0n) is 16.0. The fraction of sp³-hybridized carbons (Fsp3) is 0.500. The van der Waals surface area contributed by atoms with Crippen LogP contribution in [0.5, 0.6) is 0 Å². The number of nitrogens with one attached hydrogen (secondary N) is 1. The van der Waals surface area contributed by atoms with Crippen molar-refractivity contribution in [3.05, 3.63) is 35.0 Å². The number of nitrogens with zero attached hydrogens (tertiary/aromatic N) is 2. The van der Waals surface area contributed by atoms with Gasteiger partial charge in [0.15, 0.2) is 0 Å². The van der Waals surface area contributed by atoms with Crippen molar-refractivity contribution in [1.82, 2.24) is 14.8 Å². The standard InChI is InChI=1S/C20H24ClF2N3O2/c1-25(2)17(27)12-26-11-14(18-15(21)6-3-7-16(18)26)19(28)24-10-13-5-4-8-20(22,23)9-13/h3,6-7,11,13H,4-5,8-10,12H2,1-2H3,(H,24,28). The van der Waals surface area contributed by atoms with Gasteiger partial charge in [0, 0.05) is 45.1 Å². The molecule has 2 amide bonds. The third kappa shape index (κ3) is 4.46. The SMILES string of the molecule is CN(C)C(=O)Cn1cc(C(=O)NCC2CCCC(F)(F)C2)c2c(Cl)cccc21. The van der Waals surface area contributed by atoms with Crippen LogP contribution < -0.4 is 5.32 Å². The van der Waals surface area contributed by atoms with Gasteiger partial charge >= 0.3 is 0 Å². The van der Waals surface area contributed by atoms with Crippen molar-refractivity contribution in [2.75, 3.05) is 20.6 Å². The summed E-state index contributed by atoms with van der Waals surface area (Å²) in [5.74, 6) is -3.39. The van der Waals surface area contributed by atoms with Crippen LogP contribution in [0, 0.1) is 5.92 Å². The summed E-state index contributed by atoms with van der Waals surface area (Å²) in [6.07, 6.45) is 2.46. The molecule has 1 aliphatic carbocycles. The van der Waals surface area contributed by atoms with Crippen molar-refractivity contribution in [3.8, 4) is 0 Å². The molecule has 3 rings (SSSR count). The molecule has 0 aliphatic heterocycles. The maximum Gasteiger partial charge on any atom is 0.253 e. The van der Waals surface area contributed by atoms with E-state index >= 15 is 0 Å². The largest absolute Gasteiger partial charge is 0.352 e. The Hall–Kier alpha value is -2.15. The van der Waals surface area contributed by atoms with E-state index in [0.717, 1.165) is 0 Å². The van der Waals surface area contributed by atoms with Crippen LogP contribution in [-0.2, 0) is 11.3 Å². The van der Waals surface area contributed by atoms with Crippen LogP contribution in [0.25, 0.3) is 10.9 Å². The van der Waals surface area contributed by atoms with Crippen LogP contribution in [0.4, 0.5) is 8.78 Å². The molecule has 28 heavy (non-hydrogen) atoms. The first-order valence-corrected chi connectivity index (χ1v) is 9.69. The molecule has 1 saturated carbocycles. The van der Waals surface area contributed by atoms with Crippen LogP contribution in [0.2, 0.25) is 5.02 Å². The Morgan fingerprint density at radius 1 is 1.36 bits per heavy atom. The van der Waals surface area contributed by atoms with E-state index < -0.39 is 5.92 Å². The summed E-state index contributed by atoms with van der Waals surface area (Å²) in [5.41, 5.74) is 1.02. The third-order valence-corrected chi connectivity index (χ3v) is 5.51. The number of carbonyl (C=O) groups is 2. The summed E-state index contributed by atoms with van der Waals surface area (Å²) in [6.45, 7) is 0.272. The van der Waals surface area contributed by atoms with E-state index in [9.17, 15) is 18.4 Å². The Kier molecular flexibility index (Phi) is 5.93. The lowest BCUT2D eigenvalue weighted by atomic mass is 9.86. The maximum absolute atomic E-state index is 13.6. The second-order valence-electron chi connectivity index (χ2n) is 7.62. The topological polar surface area (TPSA) is 54.3 Å². The van der Waals surface area contributed by atoms with E-state index in [0.29, 0.717) is 34.3 Å². The molecule has 1 aliphatic rings. The van der Waals surface area contributed by atoms with Gasteiger partial charge in [-0.15, -0.1) is 0 Å². The smallest absolute Gasteiger partial charge is 0.253 e. The Balaban J connectivity index is 1.81. The molecule has 2 aromatic rings. The molecule has 1 unspecified atom stereocenters. The molecule has 1 aromatic carbocycles. The minimum absolute atomic E-state index is 0.0754. The molecule has 1 atom stereocenters. The van der Waals surface area contributed by atoms with E-state index in [1.54, 1.807) is 43.1 Å². The molecule has 5 nitrogen and oxygen atoms in total. The number of hydrogen-bond acceptors (Lipinski definition) is 2. The van der Waals surface area contributed by atoms with E-state index in [2.05, 4.69) is 5.32 Å². The minimum atomic E-state index is -2.65. The first-order chi connectivity index (χ1) is 13.2. The van der Waals surface area contributed by atoms with Crippen LogP contribution in [0.15, 0.2) is 24.4 Å². The second kappa shape index (κ2) is 8.07. The lowest BCUT2D eigenvalue weighted by Crippen LogP contribution is -2.35. The summed E-state index contributed by atoms with van der Waals surface area (Å²) in [5, 5.41) is 3.74. The highest BCUT2D eigenvalue weighted by atomic mass is 35.5. The lowest BCUT2D eigenvalue weighted by Gasteiger charge is -2.28. The molecule has 152 valence electrons. The molecule has 1 fully saturated rings. The van der Waals surface area contributed by atoms with Gasteiger partial charge in [-0.1, -0.05) is 17.7 Å². The molecule has 8 heteroatoms. The summed E-state index contributed by atoms with van der Waals surface area (Å²) < 4.78 is 28.9. The number of amides is 2. The maximum atomic E-state index is 13.6. The van der Waals surface area contributed by atoms with E-state index in [1.165, 1.54) is 4.90 Å². The van der Waals surface area contributed by atoms with Crippen molar-refractivity contribution in [2.24, 2.45) is 5.92 Å². The molecule has 1 heterocycles. The van der Waals surface area contributed by atoms with Gasteiger partial charge in [0.25, 0.3) is 5.91 Å². The van der Waals surface area contributed by atoms with Crippen molar-refractivity contribution in [2.45, 2.75) is 38.2 Å². The average Bonchev–Trinajstić information content (AvgIpc) is 2.99. The van der Waals surface area contributed by atoms with Crippen molar-refractivity contribution in [1.29, 1.82) is 0 Å². The van der Waals surface area contributed by atoms with E-state index in [4.69, 9.17) is 11.6 Å². The molecular weight excluding hydrogens is 388 g/mol. The Bertz CT molecular complexity index is 895. The van der Waals surface area contributed by atoms with Gasteiger partial charge in [0.1, 0.15) is 6.54 Å². The molecular formula is C20H24ClF2N3O2. The number of likely N-dealkylation sites (N-methyl/N-ethyl adjacent to an activating group) is 1. The first kappa shape index (κ1) is 20.6. The van der Waals surface area contributed by atoms with Crippen molar-refractivity contribution < 1.29 is 18.4 Å². The number of rotatable bonds is 5. The molecule has 0 saturated heterocycles. The van der Waals surface area contributed by atoms with E-state index in [1.807, 2.05) is 0 Å². The second-order valence-corrected chi connectivity index (χ2v) is 8.03. The number of halogens is 3. The Morgan fingerprint density at radius 3 is 2.79 bits per heavy atom. The zero-order chi connectivity index (χ0) is 20.5. The zero-order valence-corrected chi connectivity index (χ0v) is 16.7. The normalized spacial score (nSPS) is 18.8. The molecule has 0 spiro atoms. The highest BCUT2D eigenvalue weighted by molar-refractivity contribution is 6.36. The number of aromatic nitrogens is 1. The molecule has 0 bridgehead atoms. The van der Waals surface area contributed by atoms with Crippen LogP contribution in [-0.4, -0.2) is 47.8 Å². The van der Waals surface area contributed by atoms with Gasteiger partial charge in [-0.25, -0.2) is 8.78 Å². The highest BCUT2D eigenvalue weighted by Crippen LogP contribution is 2.36. The highest BCUT2D eigenvalue weighted by Gasteiger charge is 2.36. The number of fused-ring (bicyclic) bond motifs is 1. The van der Waals surface area contributed by atoms with Gasteiger partial charge in [-0.3, -0.25) is 9.59 Å². The minimum Gasteiger partial charge on any atom is -0.352 e. The summed E-state index contributed by atoms with van der Waals surface area (Å²) >= 11 is 6.32. The Labute approximate surface area is 167 Å². The van der Waals surface area contributed by atoms with Crippen molar-refractivity contribution in [3.63, 3.8) is 0 Å². The molecule has 1 N–H and O–H groups in total. The van der Waals surface area contributed by atoms with Gasteiger partial charge in [0.05, 0.1) is 16.1 Å². The number of benzene rings is 1.